The number of sulfone groups is 1. The van der Waals surface area contributed by atoms with Gasteiger partial charge in [0.2, 0.25) is 0 Å². The van der Waals surface area contributed by atoms with E-state index in [0.29, 0.717) is 37.0 Å². The van der Waals surface area contributed by atoms with E-state index in [9.17, 15) is 39.9 Å². The smallest absolute Gasteiger partial charge is 0.385 e. The molecular weight excluding hydrogens is 434 g/mol. The second kappa shape index (κ2) is 6.98. The molecule has 0 saturated heterocycles. The summed E-state index contributed by atoms with van der Waals surface area (Å²) in [7, 11) is -5.83. The van der Waals surface area contributed by atoms with Crippen molar-refractivity contribution in [3.05, 3.63) is 63.7 Å². The third-order valence-corrected chi connectivity index (χ3v) is 7.37. The topological polar surface area (TPSA) is 54.4 Å². The second-order valence-electron chi connectivity index (χ2n) is 7.56. The predicted octanol–water partition coefficient (Wildman–Crippen LogP) is 4.65. The second-order valence-corrected chi connectivity index (χ2v) is 9.47. The Bertz CT molecular complexity index is 1130. The van der Waals surface area contributed by atoms with Crippen LogP contribution in [0.4, 0.5) is 26.3 Å². The Kier molecular flexibility index (Phi) is 4.93. The first-order valence-electron chi connectivity index (χ1n) is 9.20. The van der Waals surface area contributed by atoms with Crippen LogP contribution in [0.5, 0.6) is 0 Å². The van der Waals surface area contributed by atoms with E-state index in [1.54, 1.807) is 0 Å². The highest BCUT2D eigenvalue weighted by molar-refractivity contribution is 7.92. The van der Waals surface area contributed by atoms with Crippen molar-refractivity contribution >= 4 is 9.84 Å². The molecule has 30 heavy (non-hydrogen) atoms. The maximum absolute atomic E-state index is 14.6. The number of hydrogen-bond acceptors (Lipinski definition) is 3. The van der Waals surface area contributed by atoms with Crippen molar-refractivity contribution in [2.75, 3.05) is 0 Å². The van der Waals surface area contributed by atoms with Crippen LogP contribution < -0.4 is 0 Å². The average Bonchev–Trinajstić information content (AvgIpc) is 2.94. The number of halogens is 6. The third kappa shape index (κ3) is 3.11. The van der Waals surface area contributed by atoms with Gasteiger partial charge in [-0.15, -0.1) is 0 Å². The molecule has 0 unspecified atom stereocenters. The van der Waals surface area contributed by atoms with Gasteiger partial charge in [0.25, 0.3) is 9.84 Å². The van der Waals surface area contributed by atoms with E-state index >= 15 is 0 Å². The van der Waals surface area contributed by atoms with Gasteiger partial charge < -0.3 is 5.11 Å². The van der Waals surface area contributed by atoms with Crippen LogP contribution >= 0.6 is 0 Å². The summed E-state index contributed by atoms with van der Waals surface area (Å²) in [5.41, 5.74) is -5.52. The molecule has 10 heteroatoms. The maximum atomic E-state index is 14.6. The summed E-state index contributed by atoms with van der Waals surface area (Å²) in [6.45, 7) is 0. The summed E-state index contributed by atoms with van der Waals surface area (Å²) in [6, 6.07) is 3.69. The van der Waals surface area contributed by atoms with Crippen LogP contribution in [0, 0.1) is 11.6 Å². The Balaban J connectivity index is 1.94. The van der Waals surface area contributed by atoms with E-state index in [2.05, 4.69) is 0 Å². The van der Waals surface area contributed by atoms with Crippen LogP contribution in [-0.4, -0.2) is 25.2 Å². The molecule has 0 saturated carbocycles. The van der Waals surface area contributed by atoms with Crippen LogP contribution in [0.2, 0.25) is 0 Å². The summed E-state index contributed by atoms with van der Waals surface area (Å²) in [5.74, 6) is -2.31. The van der Waals surface area contributed by atoms with Crippen LogP contribution in [0.1, 0.15) is 52.7 Å². The number of aryl methyl sites for hydroxylation is 1. The number of aliphatic hydroxyl groups is 1. The van der Waals surface area contributed by atoms with Gasteiger partial charge in [-0.25, -0.2) is 21.6 Å². The van der Waals surface area contributed by atoms with Gasteiger partial charge in [-0.3, -0.25) is 0 Å². The molecule has 0 aromatic heterocycles. The van der Waals surface area contributed by atoms with Gasteiger partial charge in [0.15, 0.2) is 0 Å². The number of benzene rings is 2. The first kappa shape index (κ1) is 21.2. The van der Waals surface area contributed by atoms with E-state index in [-0.39, 0.29) is 16.7 Å². The molecule has 0 amide bonds. The molecule has 1 N–H and O–H groups in total. The molecule has 4 rings (SSSR count). The molecule has 0 radical (unpaired) electrons. The Labute approximate surface area is 168 Å². The minimum atomic E-state index is -5.83. The lowest BCUT2D eigenvalue weighted by Gasteiger charge is -2.28. The summed E-state index contributed by atoms with van der Waals surface area (Å²) in [4.78, 5) is -1.20. The Morgan fingerprint density at radius 2 is 1.77 bits per heavy atom. The summed E-state index contributed by atoms with van der Waals surface area (Å²) in [5, 5.41) is 10.1. The lowest BCUT2D eigenvalue weighted by molar-refractivity contribution is -0.0437. The molecule has 2 aromatic carbocycles. The van der Waals surface area contributed by atoms with E-state index in [1.165, 1.54) is 6.07 Å². The first-order valence-corrected chi connectivity index (χ1v) is 10.7. The normalized spacial score (nSPS) is 23.9. The molecule has 162 valence electrons. The van der Waals surface area contributed by atoms with Gasteiger partial charge in [-0.1, -0.05) is 6.07 Å². The van der Waals surface area contributed by atoms with Crippen LogP contribution in [0.3, 0.4) is 0 Å². The summed E-state index contributed by atoms with van der Waals surface area (Å²) >= 11 is 0. The van der Waals surface area contributed by atoms with Gasteiger partial charge in [0, 0.05) is 24.0 Å². The molecule has 3 atom stereocenters. The number of fused-ring (bicyclic) bond motifs is 2. The molecule has 2 aliphatic rings. The third-order valence-electron chi connectivity index (χ3n) is 5.83. The number of hydrogen-bond donors (Lipinski definition) is 1. The van der Waals surface area contributed by atoms with Gasteiger partial charge in [-0.05, 0) is 53.6 Å². The van der Waals surface area contributed by atoms with Crippen molar-refractivity contribution < 1.29 is 39.9 Å². The molecule has 0 heterocycles. The maximum Gasteiger partial charge on any atom is 0.501 e. The monoisotopic (exact) mass is 450 g/mol. The Hall–Kier alpha value is -2.07. The molecule has 0 fully saturated rings. The summed E-state index contributed by atoms with van der Waals surface area (Å²) in [6.07, 6.45) is -3.25. The summed E-state index contributed by atoms with van der Waals surface area (Å²) < 4.78 is 106. The van der Waals surface area contributed by atoms with Crippen molar-refractivity contribution in [3.63, 3.8) is 0 Å². The highest BCUT2D eigenvalue weighted by Crippen LogP contribution is 2.48. The van der Waals surface area contributed by atoms with Crippen LogP contribution in [0.15, 0.2) is 29.2 Å². The lowest BCUT2D eigenvalue weighted by atomic mass is 9.76. The highest BCUT2D eigenvalue weighted by Gasteiger charge is 2.50. The van der Waals surface area contributed by atoms with E-state index in [0.717, 1.165) is 6.07 Å². The molecule has 2 aliphatic carbocycles. The fourth-order valence-corrected chi connectivity index (χ4v) is 5.60. The van der Waals surface area contributed by atoms with Crippen molar-refractivity contribution in [3.8, 4) is 0 Å². The van der Waals surface area contributed by atoms with Crippen LogP contribution in [-0.2, 0) is 22.7 Å². The molecule has 2 aromatic rings. The van der Waals surface area contributed by atoms with Gasteiger partial charge in [-0.2, -0.15) is 13.2 Å². The standard InChI is InChI=1S/C20H16F6O3S/c21-10-6-9-2-1-3-12(17(9)14(22)7-10)11-4-5-16(30(28,29)20(24,25)26)18-13(11)8-15(23)19(18)27/h4-7,12,15,19,27H,1-3,8H2/t12-,15+,19+/m0/s1. The molecule has 3 nitrogen and oxygen atoms in total. The lowest BCUT2D eigenvalue weighted by Crippen LogP contribution is -2.25. The fraction of sp³-hybridized carbons (Fsp3) is 0.400. The largest absolute Gasteiger partial charge is 0.501 e. The zero-order valence-electron chi connectivity index (χ0n) is 15.3. The van der Waals surface area contributed by atoms with Gasteiger partial charge in [0.05, 0.1) is 4.90 Å². The number of rotatable bonds is 2. The predicted molar refractivity (Wildman–Crippen MR) is 94.4 cm³/mol. The molecular formula is C20H16F6O3S. The number of aliphatic hydroxyl groups excluding tert-OH is 1. The average molecular weight is 450 g/mol. The molecule has 0 bridgehead atoms. The highest BCUT2D eigenvalue weighted by atomic mass is 32.2. The van der Waals surface area contributed by atoms with E-state index in [1.807, 2.05) is 0 Å². The Morgan fingerprint density at radius 1 is 1.07 bits per heavy atom. The molecule has 0 spiro atoms. The minimum Gasteiger partial charge on any atom is -0.385 e. The van der Waals surface area contributed by atoms with Crippen molar-refractivity contribution in [2.45, 2.75) is 54.3 Å². The van der Waals surface area contributed by atoms with Crippen molar-refractivity contribution in [2.24, 2.45) is 0 Å². The zero-order chi connectivity index (χ0) is 22.0. The Morgan fingerprint density at radius 3 is 2.43 bits per heavy atom. The van der Waals surface area contributed by atoms with Crippen LogP contribution in [0.25, 0.3) is 0 Å². The van der Waals surface area contributed by atoms with Gasteiger partial charge in [0.1, 0.15) is 23.9 Å². The van der Waals surface area contributed by atoms with E-state index < -0.39 is 62.1 Å². The quantitative estimate of drug-likeness (QED) is 0.678. The fourth-order valence-electron chi connectivity index (χ4n) is 4.57. The van der Waals surface area contributed by atoms with Gasteiger partial charge >= 0.3 is 5.51 Å². The first-order chi connectivity index (χ1) is 13.9. The zero-order valence-corrected chi connectivity index (χ0v) is 16.1. The molecule has 0 aliphatic heterocycles. The SMILES string of the molecule is O=S(=O)(c1ccc([C@@H]2CCCc3cc(F)cc(F)c32)c2c1[C@H](O)[C@H](F)C2)C(F)(F)F. The minimum absolute atomic E-state index is 0.0677. The number of alkyl halides is 4. The van der Waals surface area contributed by atoms with Crippen molar-refractivity contribution in [1.82, 2.24) is 0 Å². The van der Waals surface area contributed by atoms with Crippen molar-refractivity contribution in [1.29, 1.82) is 0 Å². The van der Waals surface area contributed by atoms with E-state index in [4.69, 9.17) is 0 Å².